The Labute approximate surface area is 154 Å². The number of benzene rings is 2. The Morgan fingerprint density at radius 3 is 2.65 bits per heavy atom. The Hall–Kier alpha value is -2.53. The molecule has 5 nitrogen and oxygen atoms in total. The molecule has 0 aromatic heterocycles. The van der Waals surface area contributed by atoms with E-state index in [9.17, 15) is 4.79 Å². The van der Waals surface area contributed by atoms with Gasteiger partial charge in [0.2, 0.25) is 0 Å². The average molecular weight is 355 g/mol. The molecule has 1 unspecified atom stereocenters. The SMILES string of the molecule is COc1ccc(C[NH+](C)CC(=O)Nc2ccc3c(c2)CCC3)c(OC)c1. The van der Waals surface area contributed by atoms with E-state index in [4.69, 9.17) is 9.47 Å². The predicted molar refractivity (Wildman–Crippen MR) is 102 cm³/mol. The normalized spacial score (nSPS) is 13.8. The number of carbonyl (C=O) groups excluding carboxylic acids is 1. The number of nitrogens with one attached hydrogen (secondary N) is 2. The van der Waals surface area contributed by atoms with Crippen LogP contribution in [0, 0.1) is 0 Å². The van der Waals surface area contributed by atoms with E-state index in [0.717, 1.165) is 40.5 Å². The van der Waals surface area contributed by atoms with Crippen LogP contribution < -0.4 is 19.7 Å². The molecular weight excluding hydrogens is 328 g/mol. The van der Waals surface area contributed by atoms with E-state index >= 15 is 0 Å². The first-order valence-electron chi connectivity index (χ1n) is 9.03. The number of hydrogen-bond acceptors (Lipinski definition) is 3. The van der Waals surface area contributed by atoms with Gasteiger partial charge in [-0.05, 0) is 54.7 Å². The Balaban J connectivity index is 1.57. The summed E-state index contributed by atoms with van der Waals surface area (Å²) in [6, 6.07) is 12.0. The van der Waals surface area contributed by atoms with Crippen LogP contribution >= 0.6 is 0 Å². The van der Waals surface area contributed by atoms with Crippen LogP contribution in [0.2, 0.25) is 0 Å². The van der Waals surface area contributed by atoms with Crippen molar-refractivity contribution in [3.63, 3.8) is 0 Å². The minimum absolute atomic E-state index is 0.0212. The Kier molecular flexibility index (Phi) is 5.78. The van der Waals surface area contributed by atoms with Gasteiger partial charge in [0, 0.05) is 17.3 Å². The highest BCUT2D eigenvalue weighted by Crippen LogP contribution is 2.25. The molecule has 3 rings (SSSR count). The second-order valence-corrected chi connectivity index (χ2v) is 6.87. The van der Waals surface area contributed by atoms with Gasteiger partial charge in [-0.3, -0.25) is 4.79 Å². The molecule has 1 aliphatic carbocycles. The van der Waals surface area contributed by atoms with Gasteiger partial charge in [0.15, 0.2) is 6.54 Å². The minimum Gasteiger partial charge on any atom is -0.497 e. The fraction of sp³-hybridized carbons (Fsp3) is 0.381. The van der Waals surface area contributed by atoms with Gasteiger partial charge in [0.25, 0.3) is 5.91 Å². The molecule has 0 aliphatic heterocycles. The van der Waals surface area contributed by atoms with Crippen molar-refractivity contribution in [2.75, 3.05) is 33.1 Å². The maximum atomic E-state index is 12.4. The van der Waals surface area contributed by atoms with Crippen LogP contribution in [-0.2, 0) is 24.2 Å². The quantitative estimate of drug-likeness (QED) is 0.797. The fourth-order valence-corrected chi connectivity index (χ4v) is 3.51. The third-order valence-electron chi connectivity index (χ3n) is 4.83. The largest absolute Gasteiger partial charge is 0.497 e. The number of anilines is 1. The number of likely N-dealkylation sites (N-methyl/N-ethyl adjacent to an activating group) is 1. The molecule has 0 bridgehead atoms. The summed E-state index contributed by atoms with van der Waals surface area (Å²) in [5, 5.41) is 3.02. The van der Waals surface area contributed by atoms with Crippen LogP contribution in [0.4, 0.5) is 5.69 Å². The molecule has 26 heavy (non-hydrogen) atoms. The molecule has 2 N–H and O–H groups in total. The lowest BCUT2D eigenvalue weighted by Gasteiger charge is -2.16. The maximum absolute atomic E-state index is 12.4. The summed E-state index contributed by atoms with van der Waals surface area (Å²) in [6.45, 7) is 1.09. The molecular formula is C21H27N2O3+. The molecule has 0 fully saturated rings. The highest BCUT2D eigenvalue weighted by atomic mass is 16.5. The lowest BCUT2D eigenvalue weighted by atomic mass is 10.1. The molecule has 1 amide bonds. The number of quaternary nitrogens is 1. The van der Waals surface area contributed by atoms with Crippen molar-refractivity contribution >= 4 is 11.6 Å². The molecule has 2 aromatic rings. The summed E-state index contributed by atoms with van der Waals surface area (Å²) in [6.07, 6.45) is 3.48. The molecule has 2 aromatic carbocycles. The number of carbonyl (C=O) groups is 1. The van der Waals surface area contributed by atoms with Crippen molar-refractivity contribution in [3.05, 3.63) is 53.1 Å². The molecule has 0 radical (unpaired) electrons. The third kappa shape index (κ3) is 4.35. The lowest BCUT2D eigenvalue weighted by molar-refractivity contribution is -0.885. The fourth-order valence-electron chi connectivity index (χ4n) is 3.51. The number of hydrogen-bond donors (Lipinski definition) is 2. The number of aryl methyl sites for hydroxylation is 2. The molecule has 5 heteroatoms. The Bertz CT molecular complexity index is 789. The van der Waals surface area contributed by atoms with Gasteiger partial charge in [0.05, 0.1) is 21.3 Å². The highest BCUT2D eigenvalue weighted by Gasteiger charge is 2.16. The summed E-state index contributed by atoms with van der Waals surface area (Å²) in [5.41, 5.74) is 4.73. The zero-order chi connectivity index (χ0) is 18.5. The van der Waals surface area contributed by atoms with Crippen LogP contribution in [-0.4, -0.2) is 33.7 Å². The molecule has 0 heterocycles. The zero-order valence-corrected chi connectivity index (χ0v) is 15.7. The van der Waals surface area contributed by atoms with Gasteiger partial charge in [-0.1, -0.05) is 6.07 Å². The first kappa shape index (κ1) is 18.3. The average Bonchev–Trinajstić information content (AvgIpc) is 3.09. The van der Waals surface area contributed by atoms with E-state index < -0.39 is 0 Å². The molecule has 1 aliphatic rings. The van der Waals surface area contributed by atoms with Crippen molar-refractivity contribution in [2.45, 2.75) is 25.8 Å². The molecule has 138 valence electrons. The number of amides is 1. The number of fused-ring (bicyclic) bond motifs is 1. The van der Waals surface area contributed by atoms with Crippen molar-refractivity contribution in [3.8, 4) is 11.5 Å². The predicted octanol–water partition coefficient (Wildman–Crippen LogP) is 1.85. The van der Waals surface area contributed by atoms with Gasteiger partial charge >= 0.3 is 0 Å². The number of ether oxygens (including phenoxy) is 2. The first-order chi connectivity index (χ1) is 12.6. The number of methoxy groups -OCH3 is 2. The third-order valence-corrected chi connectivity index (χ3v) is 4.83. The molecule has 0 spiro atoms. The Morgan fingerprint density at radius 2 is 1.88 bits per heavy atom. The summed E-state index contributed by atoms with van der Waals surface area (Å²) >= 11 is 0. The highest BCUT2D eigenvalue weighted by molar-refractivity contribution is 5.91. The summed E-state index contributed by atoms with van der Waals surface area (Å²) < 4.78 is 10.7. The lowest BCUT2D eigenvalue weighted by Crippen LogP contribution is -3.08. The summed E-state index contributed by atoms with van der Waals surface area (Å²) in [7, 11) is 5.29. The van der Waals surface area contributed by atoms with E-state index in [-0.39, 0.29) is 5.91 Å². The van der Waals surface area contributed by atoms with Crippen molar-refractivity contribution in [1.82, 2.24) is 0 Å². The first-order valence-corrected chi connectivity index (χ1v) is 9.03. The van der Waals surface area contributed by atoms with Crippen LogP contribution in [0.25, 0.3) is 0 Å². The summed E-state index contributed by atoms with van der Waals surface area (Å²) in [4.78, 5) is 13.5. The van der Waals surface area contributed by atoms with Crippen LogP contribution in [0.15, 0.2) is 36.4 Å². The van der Waals surface area contributed by atoms with E-state index in [1.54, 1.807) is 14.2 Å². The topological polar surface area (TPSA) is 52.0 Å². The maximum Gasteiger partial charge on any atom is 0.279 e. The Morgan fingerprint density at radius 1 is 1.08 bits per heavy atom. The zero-order valence-electron chi connectivity index (χ0n) is 15.7. The van der Waals surface area contributed by atoms with Crippen molar-refractivity contribution in [2.24, 2.45) is 0 Å². The smallest absolute Gasteiger partial charge is 0.279 e. The minimum atomic E-state index is 0.0212. The number of rotatable bonds is 7. The van der Waals surface area contributed by atoms with Crippen LogP contribution in [0.1, 0.15) is 23.1 Å². The second-order valence-electron chi connectivity index (χ2n) is 6.87. The van der Waals surface area contributed by atoms with Gasteiger partial charge < -0.3 is 19.7 Å². The molecule has 0 saturated heterocycles. The van der Waals surface area contributed by atoms with Crippen molar-refractivity contribution in [1.29, 1.82) is 0 Å². The van der Waals surface area contributed by atoms with Gasteiger partial charge in [-0.15, -0.1) is 0 Å². The van der Waals surface area contributed by atoms with Gasteiger partial charge in [-0.2, -0.15) is 0 Å². The second kappa shape index (κ2) is 8.23. The van der Waals surface area contributed by atoms with Crippen LogP contribution in [0.5, 0.6) is 11.5 Å². The molecule has 0 saturated carbocycles. The van der Waals surface area contributed by atoms with Gasteiger partial charge in [0.1, 0.15) is 18.0 Å². The van der Waals surface area contributed by atoms with Gasteiger partial charge in [-0.25, -0.2) is 0 Å². The van der Waals surface area contributed by atoms with E-state index in [1.807, 2.05) is 31.3 Å². The van der Waals surface area contributed by atoms with E-state index in [0.29, 0.717) is 13.1 Å². The standard InChI is InChI=1S/C21H26N2O3/c1-23(13-17-8-10-19(25-2)12-20(17)26-3)14-21(24)22-18-9-7-15-5-4-6-16(15)11-18/h7-12H,4-6,13-14H2,1-3H3,(H,22,24)/p+1. The van der Waals surface area contributed by atoms with E-state index in [1.165, 1.54) is 17.5 Å². The monoisotopic (exact) mass is 355 g/mol. The summed E-state index contributed by atoms with van der Waals surface area (Å²) in [5.74, 6) is 1.56. The van der Waals surface area contributed by atoms with Crippen molar-refractivity contribution < 1.29 is 19.2 Å². The molecule has 1 atom stereocenters. The van der Waals surface area contributed by atoms with E-state index in [2.05, 4.69) is 17.4 Å². The van der Waals surface area contributed by atoms with Crippen LogP contribution in [0.3, 0.4) is 0 Å².